The normalized spacial score (nSPS) is 37.2. The zero-order valence-corrected chi connectivity index (χ0v) is 26.1. The summed E-state index contributed by atoms with van der Waals surface area (Å²) in [6.07, 6.45) is -10.2. The highest BCUT2D eigenvalue weighted by molar-refractivity contribution is 7.47. The molecule has 20 nitrogen and oxygen atoms in total. The minimum Gasteiger partial charge on any atom is -0.387 e. The van der Waals surface area contributed by atoms with Crippen molar-refractivity contribution < 1.29 is 56.7 Å². The molecule has 2 bridgehead atoms. The highest BCUT2D eigenvalue weighted by Gasteiger charge is 2.54. The number of phosphoric ester groups is 2. The van der Waals surface area contributed by atoms with Crippen molar-refractivity contribution in [1.82, 2.24) is 29.1 Å². The molecule has 0 radical (unpaired) electrons. The van der Waals surface area contributed by atoms with E-state index >= 15 is 0 Å². The zero-order valence-electron chi connectivity index (χ0n) is 22.8. The summed E-state index contributed by atoms with van der Waals surface area (Å²) >= 11 is 12.2. The van der Waals surface area contributed by atoms with Crippen LogP contribution >= 0.6 is 38.8 Å². The number of ether oxygens (including phenoxy) is 2. The number of aliphatic hydroxyl groups is 2. The molecular formula is C22H23Cl2N7O13P2. The third-order valence-corrected chi connectivity index (χ3v) is 10.2. The van der Waals surface area contributed by atoms with Crippen LogP contribution in [0.15, 0.2) is 29.6 Å². The third-order valence-electron chi connectivity index (χ3n) is 7.55. The molecule has 0 spiro atoms. The van der Waals surface area contributed by atoms with E-state index in [2.05, 4.69) is 19.9 Å². The van der Waals surface area contributed by atoms with Crippen LogP contribution in [-0.2, 0) is 36.7 Å². The molecule has 3 fully saturated rings. The first-order valence-electron chi connectivity index (χ1n) is 13.2. The van der Waals surface area contributed by atoms with E-state index < -0.39 is 83.5 Å². The quantitative estimate of drug-likeness (QED) is 0.154. The maximum absolute atomic E-state index is 13.2. The van der Waals surface area contributed by atoms with Crippen LogP contribution in [0.4, 0.5) is 5.95 Å². The standard InChI is InChI=1S/C22H23Cl2N7O13P2/c23-7-1-9-10(2-8(7)24)30(5-26-9)20-15(33)16-12(42-20)4-40-46(37,38)44-17-14(32)11(3-39-45(35,36)43-16)41-21(17)31-6-27-13-18(31)28-22(25)29-19(13)34/h1-2,5-6,11-12,14-17,20-21,32-33H,3-4H2,(H,35,36)(H,37,38)(H3,25,28,29,34). The number of nitrogen functional groups attached to an aromatic ring is 1. The molecule has 3 saturated heterocycles. The van der Waals surface area contributed by atoms with Crippen molar-refractivity contribution >= 4 is 67.0 Å². The van der Waals surface area contributed by atoms with Gasteiger partial charge in [-0.2, -0.15) is 4.98 Å². The molecule has 0 saturated carbocycles. The van der Waals surface area contributed by atoms with Gasteiger partial charge >= 0.3 is 15.6 Å². The Morgan fingerprint density at radius 1 is 0.891 bits per heavy atom. The molecule has 10 atom stereocenters. The second kappa shape index (κ2) is 11.6. The zero-order chi connectivity index (χ0) is 32.7. The summed E-state index contributed by atoms with van der Waals surface area (Å²) in [6.45, 7) is -1.64. The van der Waals surface area contributed by atoms with Gasteiger partial charge in [0, 0.05) is 0 Å². The van der Waals surface area contributed by atoms with Crippen molar-refractivity contribution in [2.45, 2.75) is 49.1 Å². The average Bonchev–Trinajstić information content (AvgIpc) is 3.72. The predicted octanol–water partition coefficient (Wildman–Crippen LogP) is 0.593. The number of phosphoric acid groups is 2. The number of nitrogens with zero attached hydrogens (tertiary/aromatic N) is 5. The van der Waals surface area contributed by atoms with E-state index in [4.69, 9.17) is 56.5 Å². The van der Waals surface area contributed by atoms with Crippen LogP contribution in [0.3, 0.4) is 0 Å². The van der Waals surface area contributed by atoms with Crippen LogP contribution in [0, 0.1) is 0 Å². The van der Waals surface area contributed by atoms with Crippen LogP contribution in [-0.4, -0.2) is 98.9 Å². The van der Waals surface area contributed by atoms with Gasteiger partial charge in [-0.15, -0.1) is 0 Å². The number of aliphatic hydroxyl groups excluding tert-OH is 2. The number of benzene rings is 1. The number of fused-ring (bicyclic) bond motifs is 5. The van der Waals surface area contributed by atoms with Crippen LogP contribution in [0.5, 0.6) is 0 Å². The maximum Gasteiger partial charge on any atom is 0.472 e. The van der Waals surface area contributed by atoms with Gasteiger partial charge < -0.3 is 39.8 Å². The molecule has 3 aliphatic heterocycles. The van der Waals surface area contributed by atoms with Crippen LogP contribution in [0.25, 0.3) is 22.2 Å². The number of H-pyrrole nitrogens is 1. The SMILES string of the molecule is Nc1nc2c(ncn2C2OC3COP(=O)(O)OC4C(COP(=O)(O)OC2C3O)OC(n2cnc3cc(Cl)c(Cl)cc32)C4O)c(=O)[nH]1. The molecule has 7 rings (SSSR count). The van der Waals surface area contributed by atoms with Crippen LogP contribution in [0.2, 0.25) is 10.0 Å². The molecule has 0 amide bonds. The van der Waals surface area contributed by atoms with E-state index in [1.807, 2.05) is 0 Å². The molecule has 248 valence electrons. The smallest absolute Gasteiger partial charge is 0.387 e. The third kappa shape index (κ3) is 5.67. The first-order chi connectivity index (χ1) is 21.7. The lowest BCUT2D eigenvalue weighted by Gasteiger charge is -2.25. The Morgan fingerprint density at radius 3 is 2.26 bits per heavy atom. The molecule has 0 aliphatic carbocycles. The Kier molecular flexibility index (Phi) is 8.06. The van der Waals surface area contributed by atoms with Gasteiger partial charge in [-0.05, 0) is 12.1 Å². The van der Waals surface area contributed by atoms with Crippen molar-refractivity contribution in [3.8, 4) is 0 Å². The maximum atomic E-state index is 13.2. The highest BCUT2D eigenvalue weighted by Crippen LogP contribution is 2.53. The topological polar surface area (TPSA) is 278 Å². The Bertz CT molecular complexity index is 1990. The fourth-order valence-corrected chi connectivity index (χ4v) is 7.68. The van der Waals surface area contributed by atoms with Crippen LogP contribution < -0.4 is 11.3 Å². The molecule has 4 aromatic rings. The second-order valence-electron chi connectivity index (χ2n) is 10.5. The van der Waals surface area contributed by atoms with Gasteiger partial charge in [-0.1, -0.05) is 23.2 Å². The van der Waals surface area contributed by atoms with E-state index in [1.54, 1.807) is 0 Å². The average molecular weight is 726 g/mol. The largest absolute Gasteiger partial charge is 0.472 e. The van der Waals surface area contributed by atoms with Crippen molar-refractivity contribution in [2.24, 2.45) is 0 Å². The number of hydrogen-bond donors (Lipinski definition) is 6. The number of imidazole rings is 2. The van der Waals surface area contributed by atoms with E-state index in [1.165, 1.54) is 23.0 Å². The minimum atomic E-state index is -5.11. The van der Waals surface area contributed by atoms with Crippen molar-refractivity contribution in [2.75, 3.05) is 18.9 Å². The monoisotopic (exact) mass is 725 g/mol. The summed E-state index contributed by atoms with van der Waals surface area (Å²) in [6, 6.07) is 2.94. The Hall–Kier alpha value is -2.52. The first kappa shape index (κ1) is 32.0. The Morgan fingerprint density at radius 2 is 1.52 bits per heavy atom. The van der Waals surface area contributed by atoms with E-state index in [0.29, 0.717) is 11.0 Å². The van der Waals surface area contributed by atoms with Gasteiger partial charge in [0.1, 0.15) is 36.6 Å². The van der Waals surface area contributed by atoms with Gasteiger partial charge in [0.25, 0.3) is 5.56 Å². The Labute approximate surface area is 265 Å². The number of nitrogens with two attached hydrogens (primary N) is 1. The number of aromatic nitrogens is 6. The summed E-state index contributed by atoms with van der Waals surface area (Å²) in [4.78, 5) is 48.1. The lowest BCUT2D eigenvalue weighted by Crippen LogP contribution is -2.36. The highest BCUT2D eigenvalue weighted by atomic mass is 35.5. The number of rotatable bonds is 2. The minimum absolute atomic E-state index is 0.127. The molecular weight excluding hydrogens is 703 g/mol. The second-order valence-corrected chi connectivity index (χ2v) is 14.1. The van der Waals surface area contributed by atoms with Crippen molar-refractivity contribution in [3.05, 3.63) is 45.2 Å². The molecule has 10 unspecified atom stereocenters. The number of nitrogens with one attached hydrogen (secondary N) is 1. The van der Waals surface area contributed by atoms with Gasteiger partial charge in [-0.25, -0.2) is 19.1 Å². The summed E-state index contributed by atoms with van der Waals surface area (Å²) in [5.41, 5.74) is 5.41. The number of anilines is 1. The lowest BCUT2D eigenvalue weighted by molar-refractivity contribution is -0.0671. The fraction of sp³-hybridized carbons (Fsp3) is 0.455. The van der Waals surface area contributed by atoms with Gasteiger partial charge in [-0.3, -0.25) is 32.4 Å². The van der Waals surface area contributed by atoms with Crippen molar-refractivity contribution in [1.29, 1.82) is 0 Å². The van der Waals surface area contributed by atoms with E-state index in [-0.39, 0.29) is 27.2 Å². The predicted molar refractivity (Wildman–Crippen MR) is 153 cm³/mol. The molecule has 3 aromatic heterocycles. The van der Waals surface area contributed by atoms with Gasteiger partial charge in [0.15, 0.2) is 23.6 Å². The molecule has 24 heteroatoms. The number of halogens is 2. The molecule has 6 heterocycles. The fourth-order valence-electron chi connectivity index (χ4n) is 5.47. The van der Waals surface area contributed by atoms with Crippen LogP contribution in [0.1, 0.15) is 12.5 Å². The summed E-state index contributed by atoms with van der Waals surface area (Å²) in [5, 5.41) is 22.6. The summed E-state index contributed by atoms with van der Waals surface area (Å²) in [5.74, 6) is -0.283. The van der Waals surface area contributed by atoms with Gasteiger partial charge in [0.05, 0.1) is 46.9 Å². The lowest BCUT2D eigenvalue weighted by atomic mass is 10.1. The molecule has 3 aliphatic rings. The molecule has 46 heavy (non-hydrogen) atoms. The first-order valence-corrected chi connectivity index (χ1v) is 17.0. The number of hydrogen-bond acceptors (Lipinski definition) is 15. The molecule has 1 aromatic carbocycles. The summed E-state index contributed by atoms with van der Waals surface area (Å²) in [7, 11) is -10.2. The Balaban J connectivity index is 1.21. The van der Waals surface area contributed by atoms with Crippen molar-refractivity contribution in [3.63, 3.8) is 0 Å². The van der Waals surface area contributed by atoms with Gasteiger partial charge in [0.2, 0.25) is 5.95 Å². The summed E-state index contributed by atoms with van der Waals surface area (Å²) < 4.78 is 61.4. The molecule has 7 N–H and O–H groups in total. The van der Waals surface area contributed by atoms with E-state index in [9.17, 15) is 33.9 Å². The van der Waals surface area contributed by atoms with E-state index in [0.717, 1.165) is 10.9 Å². The number of aromatic amines is 1.